The second-order valence-corrected chi connectivity index (χ2v) is 9.78. The van der Waals surface area contributed by atoms with Gasteiger partial charge in [0, 0.05) is 37.9 Å². The van der Waals surface area contributed by atoms with E-state index >= 15 is 0 Å². The highest BCUT2D eigenvalue weighted by molar-refractivity contribution is 7.89. The summed E-state index contributed by atoms with van der Waals surface area (Å²) in [7, 11) is -2.28. The lowest BCUT2D eigenvalue weighted by Gasteiger charge is -2.37. The number of hydrogen-bond donors (Lipinski definition) is 0. The molecule has 2 aromatic rings. The van der Waals surface area contributed by atoms with Crippen LogP contribution in [-0.4, -0.2) is 46.0 Å². The molecule has 0 saturated carbocycles. The number of anilines is 1. The van der Waals surface area contributed by atoms with Crippen molar-refractivity contribution in [3.63, 3.8) is 0 Å². The summed E-state index contributed by atoms with van der Waals surface area (Å²) in [4.78, 5) is 2.26. The van der Waals surface area contributed by atoms with E-state index in [2.05, 4.69) is 37.8 Å². The first-order valence-corrected chi connectivity index (χ1v) is 11.2. The van der Waals surface area contributed by atoms with Crippen LogP contribution in [0.4, 0.5) is 5.69 Å². The summed E-state index contributed by atoms with van der Waals surface area (Å²) in [5, 5.41) is 0.323. The number of benzene rings is 2. The average Bonchev–Trinajstić information content (AvgIpc) is 2.62. The molecule has 5 nitrogen and oxygen atoms in total. The van der Waals surface area contributed by atoms with Crippen molar-refractivity contribution in [2.45, 2.75) is 25.7 Å². The van der Waals surface area contributed by atoms with Gasteiger partial charge in [0.15, 0.2) is 0 Å². The molecule has 0 unspecified atom stereocenters. The van der Waals surface area contributed by atoms with Gasteiger partial charge in [0.1, 0.15) is 10.6 Å². The molecular formula is C20H24Cl2N2O3S. The second kappa shape index (κ2) is 8.11. The molecule has 3 rings (SSSR count). The smallest absolute Gasteiger partial charge is 0.244 e. The van der Waals surface area contributed by atoms with E-state index in [0.29, 0.717) is 31.9 Å². The van der Waals surface area contributed by atoms with E-state index in [1.807, 2.05) is 0 Å². The fraction of sp³-hybridized carbons (Fsp3) is 0.400. The van der Waals surface area contributed by atoms with Crippen molar-refractivity contribution in [2.24, 2.45) is 0 Å². The number of methoxy groups -OCH3 is 1. The first-order chi connectivity index (χ1) is 13.1. The van der Waals surface area contributed by atoms with Crippen molar-refractivity contribution in [3.8, 4) is 5.75 Å². The normalized spacial score (nSPS) is 15.7. The molecule has 0 spiro atoms. The zero-order valence-electron chi connectivity index (χ0n) is 16.4. The molecule has 1 fully saturated rings. The van der Waals surface area contributed by atoms with Crippen molar-refractivity contribution >= 4 is 38.9 Å². The number of hydrogen-bond acceptors (Lipinski definition) is 4. The quantitative estimate of drug-likeness (QED) is 0.701. The van der Waals surface area contributed by atoms with Gasteiger partial charge < -0.3 is 9.64 Å². The highest BCUT2D eigenvalue weighted by atomic mass is 35.5. The van der Waals surface area contributed by atoms with Gasteiger partial charge in [-0.2, -0.15) is 4.31 Å². The molecule has 0 aromatic heterocycles. The van der Waals surface area contributed by atoms with Gasteiger partial charge in [-0.1, -0.05) is 40.9 Å². The zero-order valence-corrected chi connectivity index (χ0v) is 18.7. The Morgan fingerprint density at radius 2 is 1.46 bits per heavy atom. The lowest BCUT2D eigenvalue weighted by molar-refractivity contribution is 0.384. The maximum absolute atomic E-state index is 13.1. The van der Waals surface area contributed by atoms with E-state index in [9.17, 15) is 8.42 Å². The second-order valence-electron chi connectivity index (χ2n) is 7.06. The standard InChI is InChI=1S/C20H24Cl2N2O3S/c1-13-9-14(2)20(15(3)10-13)23-5-7-24(8-6-23)28(25,26)19-12-16(21)18(27-4)11-17(19)22/h9-12H,5-8H2,1-4H3. The van der Waals surface area contributed by atoms with Crippen molar-refractivity contribution in [1.29, 1.82) is 0 Å². The van der Waals surface area contributed by atoms with E-state index in [1.54, 1.807) is 0 Å². The predicted octanol–water partition coefficient (Wildman–Crippen LogP) is 4.44. The van der Waals surface area contributed by atoms with Gasteiger partial charge >= 0.3 is 0 Å². The minimum atomic E-state index is -3.74. The summed E-state index contributed by atoms with van der Waals surface area (Å²) in [6.07, 6.45) is 0. The molecule has 1 aliphatic rings. The molecule has 1 heterocycles. The first-order valence-electron chi connectivity index (χ1n) is 9.01. The van der Waals surface area contributed by atoms with E-state index in [4.69, 9.17) is 27.9 Å². The molecule has 0 radical (unpaired) electrons. The van der Waals surface area contributed by atoms with E-state index in [1.165, 1.54) is 45.9 Å². The zero-order chi connectivity index (χ0) is 20.6. The third-order valence-electron chi connectivity index (χ3n) is 5.01. The minimum Gasteiger partial charge on any atom is -0.495 e. The summed E-state index contributed by atoms with van der Waals surface area (Å²) in [6.45, 7) is 8.27. The highest BCUT2D eigenvalue weighted by Gasteiger charge is 2.31. The minimum absolute atomic E-state index is 0.0103. The number of nitrogens with zero attached hydrogens (tertiary/aromatic N) is 2. The van der Waals surface area contributed by atoms with Crippen molar-refractivity contribution in [3.05, 3.63) is 51.0 Å². The van der Waals surface area contributed by atoms with E-state index in [0.717, 1.165) is 0 Å². The van der Waals surface area contributed by atoms with Crippen molar-refractivity contribution in [1.82, 2.24) is 4.31 Å². The van der Waals surface area contributed by atoms with Crippen LogP contribution in [0.3, 0.4) is 0 Å². The Morgan fingerprint density at radius 1 is 0.893 bits per heavy atom. The molecule has 1 saturated heterocycles. The third-order valence-corrected chi connectivity index (χ3v) is 7.67. The number of aryl methyl sites for hydroxylation is 3. The Kier molecular flexibility index (Phi) is 6.15. The van der Waals surface area contributed by atoms with Crippen molar-refractivity contribution < 1.29 is 13.2 Å². The average molecular weight is 443 g/mol. The summed E-state index contributed by atoms with van der Waals surface area (Å²) in [5.74, 6) is 0.348. The van der Waals surface area contributed by atoms with Crippen LogP contribution in [0, 0.1) is 20.8 Å². The largest absolute Gasteiger partial charge is 0.495 e. The van der Waals surface area contributed by atoms with Crippen LogP contribution >= 0.6 is 23.2 Å². The first kappa shape index (κ1) is 21.2. The Hall–Kier alpha value is -1.47. The number of ether oxygens (including phenoxy) is 1. The van der Waals surface area contributed by atoms with Gasteiger partial charge in [-0.25, -0.2) is 8.42 Å². The molecule has 8 heteroatoms. The fourth-order valence-corrected chi connectivity index (χ4v) is 6.07. The lowest BCUT2D eigenvalue weighted by atomic mass is 10.0. The third kappa shape index (κ3) is 3.96. The Balaban J connectivity index is 1.82. The topological polar surface area (TPSA) is 49.9 Å². The van der Waals surface area contributed by atoms with E-state index in [-0.39, 0.29) is 14.9 Å². The van der Waals surface area contributed by atoms with Gasteiger partial charge in [0.2, 0.25) is 10.0 Å². The Morgan fingerprint density at radius 3 is 2.00 bits per heavy atom. The van der Waals surface area contributed by atoms with Gasteiger partial charge in [-0.05, 0) is 38.0 Å². The number of sulfonamides is 1. The SMILES string of the molecule is COc1cc(Cl)c(S(=O)(=O)N2CCN(c3c(C)cc(C)cc3C)CC2)cc1Cl. The molecular weight excluding hydrogens is 419 g/mol. The maximum atomic E-state index is 13.1. The van der Waals surface area contributed by atoms with Crippen LogP contribution in [0.15, 0.2) is 29.2 Å². The van der Waals surface area contributed by atoms with Crippen LogP contribution in [-0.2, 0) is 10.0 Å². The molecule has 0 bridgehead atoms. The monoisotopic (exact) mass is 442 g/mol. The Labute approximate surface area is 176 Å². The number of rotatable bonds is 4. The van der Waals surface area contributed by atoms with Gasteiger partial charge in [-0.15, -0.1) is 0 Å². The van der Waals surface area contributed by atoms with Gasteiger partial charge in [0.25, 0.3) is 0 Å². The van der Waals surface area contributed by atoms with Crippen LogP contribution in [0.25, 0.3) is 0 Å². The summed E-state index contributed by atoms with van der Waals surface area (Å²) in [6, 6.07) is 7.11. The van der Waals surface area contributed by atoms with Crippen LogP contribution in [0.2, 0.25) is 10.0 Å². The predicted molar refractivity (Wildman–Crippen MR) is 115 cm³/mol. The van der Waals surface area contributed by atoms with Crippen LogP contribution in [0.1, 0.15) is 16.7 Å². The van der Waals surface area contributed by atoms with Crippen LogP contribution in [0.5, 0.6) is 5.75 Å². The number of halogens is 2. The van der Waals surface area contributed by atoms with E-state index < -0.39 is 10.0 Å². The summed E-state index contributed by atoms with van der Waals surface area (Å²) >= 11 is 12.3. The molecule has 1 aliphatic heterocycles. The molecule has 0 aliphatic carbocycles. The summed E-state index contributed by atoms with van der Waals surface area (Å²) < 4.78 is 32.8. The van der Waals surface area contributed by atoms with Gasteiger partial charge in [0.05, 0.1) is 17.2 Å². The fourth-order valence-electron chi connectivity index (χ4n) is 3.83. The Bertz CT molecular complexity index is 978. The van der Waals surface area contributed by atoms with Crippen LogP contribution < -0.4 is 9.64 Å². The number of piperazine rings is 1. The molecule has 0 N–H and O–H groups in total. The highest BCUT2D eigenvalue weighted by Crippen LogP contribution is 2.35. The molecule has 28 heavy (non-hydrogen) atoms. The van der Waals surface area contributed by atoms with Gasteiger partial charge in [-0.3, -0.25) is 0 Å². The maximum Gasteiger partial charge on any atom is 0.244 e. The molecule has 2 aromatic carbocycles. The molecule has 0 atom stereocenters. The molecule has 0 amide bonds. The lowest BCUT2D eigenvalue weighted by Crippen LogP contribution is -2.49. The van der Waals surface area contributed by atoms with Crippen molar-refractivity contribution in [2.75, 3.05) is 38.2 Å². The molecule has 152 valence electrons. The summed E-state index contributed by atoms with van der Waals surface area (Å²) in [5.41, 5.74) is 4.83.